The van der Waals surface area contributed by atoms with Crippen LogP contribution in [0.1, 0.15) is 12.8 Å². The largest absolute Gasteiger partial charge is 0.394 e. The van der Waals surface area contributed by atoms with E-state index in [4.69, 9.17) is 16.7 Å². The molecule has 0 radical (unpaired) electrons. The second kappa shape index (κ2) is 8.58. The fraction of sp³-hybridized carbons (Fsp3) is 0.421. The van der Waals surface area contributed by atoms with Crippen molar-refractivity contribution in [1.82, 2.24) is 24.8 Å². The van der Waals surface area contributed by atoms with Gasteiger partial charge in [0.25, 0.3) is 0 Å². The van der Waals surface area contributed by atoms with Gasteiger partial charge in [-0.1, -0.05) is 11.6 Å². The molecule has 0 saturated carbocycles. The molecule has 2 atom stereocenters. The summed E-state index contributed by atoms with van der Waals surface area (Å²) in [5.41, 5.74) is 1.34. The maximum absolute atomic E-state index is 14.4. The molecule has 0 aliphatic carbocycles. The van der Waals surface area contributed by atoms with Gasteiger partial charge in [0.15, 0.2) is 17.5 Å². The van der Waals surface area contributed by atoms with Crippen molar-refractivity contribution in [3.8, 4) is 11.4 Å². The van der Waals surface area contributed by atoms with Gasteiger partial charge in [0.1, 0.15) is 5.65 Å². The van der Waals surface area contributed by atoms with E-state index < -0.39 is 11.9 Å². The number of nitrogens with one attached hydrogen (secondary N) is 2. The summed E-state index contributed by atoms with van der Waals surface area (Å²) in [6, 6.07) is 1.74. The number of rotatable bonds is 6. The first kappa shape index (κ1) is 20.0. The van der Waals surface area contributed by atoms with Crippen LogP contribution < -0.4 is 5.32 Å². The molecule has 1 saturated heterocycles. The van der Waals surface area contributed by atoms with Gasteiger partial charge < -0.3 is 20.5 Å². The number of piperidine rings is 1. The van der Waals surface area contributed by atoms with E-state index in [-0.39, 0.29) is 18.5 Å². The van der Waals surface area contributed by atoms with Crippen molar-refractivity contribution in [3.63, 3.8) is 0 Å². The summed E-state index contributed by atoms with van der Waals surface area (Å²) < 4.78 is 14.4. The van der Waals surface area contributed by atoms with Crippen LogP contribution in [0.5, 0.6) is 0 Å². The standard InChI is InChI=1S/C19H22ClFN6O2/c20-11-4-14-15(6-23-17(14)22-5-11)18-24-7-16(21)19(26-18)25-12-2-1-3-27(8-12)9-13(29)10-28/h4-7,12-13,28-29H,1-3,8-10H2,(H,22,23)(H,24,25,26)/t12?,13-/m0/s1. The first-order chi connectivity index (χ1) is 14.0. The van der Waals surface area contributed by atoms with E-state index in [1.54, 1.807) is 18.5 Å². The van der Waals surface area contributed by atoms with Gasteiger partial charge in [-0.05, 0) is 25.5 Å². The number of aliphatic hydroxyl groups is 2. The van der Waals surface area contributed by atoms with Crippen molar-refractivity contribution in [3.05, 3.63) is 35.5 Å². The molecule has 1 aliphatic rings. The van der Waals surface area contributed by atoms with E-state index in [1.165, 1.54) is 0 Å². The lowest BCUT2D eigenvalue weighted by atomic mass is 10.1. The summed E-state index contributed by atoms with van der Waals surface area (Å²) in [5, 5.41) is 23.1. The molecule has 8 nitrogen and oxygen atoms in total. The van der Waals surface area contributed by atoms with E-state index in [0.717, 1.165) is 31.0 Å². The number of likely N-dealkylation sites (tertiary alicyclic amines) is 1. The molecule has 0 bridgehead atoms. The molecule has 4 heterocycles. The van der Waals surface area contributed by atoms with Gasteiger partial charge in [-0.25, -0.2) is 19.3 Å². The number of fused-ring (bicyclic) bond motifs is 1. The highest BCUT2D eigenvalue weighted by Crippen LogP contribution is 2.28. The van der Waals surface area contributed by atoms with Crippen LogP contribution in [0.3, 0.4) is 0 Å². The van der Waals surface area contributed by atoms with Crippen LogP contribution in [-0.2, 0) is 0 Å². The summed E-state index contributed by atoms with van der Waals surface area (Å²) in [6.07, 6.45) is 5.41. The third-order valence-electron chi connectivity index (χ3n) is 5.01. The third-order valence-corrected chi connectivity index (χ3v) is 5.22. The number of H-pyrrole nitrogens is 1. The van der Waals surface area contributed by atoms with E-state index in [9.17, 15) is 9.50 Å². The van der Waals surface area contributed by atoms with Crippen LogP contribution in [0.25, 0.3) is 22.4 Å². The fourth-order valence-corrected chi connectivity index (χ4v) is 3.81. The Labute approximate surface area is 171 Å². The smallest absolute Gasteiger partial charge is 0.183 e. The average Bonchev–Trinajstić information content (AvgIpc) is 3.13. The molecule has 3 aromatic rings. The predicted octanol–water partition coefficient (Wildman–Crippen LogP) is 2.04. The second-order valence-corrected chi connectivity index (χ2v) is 7.66. The Bertz CT molecular complexity index is 1000. The zero-order valence-corrected chi connectivity index (χ0v) is 16.4. The molecule has 1 unspecified atom stereocenters. The Morgan fingerprint density at radius 2 is 2.24 bits per heavy atom. The highest BCUT2D eigenvalue weighted by molar-refractivity contribution is 6.31. The Morgan fingerprint density at radius 3 is 3.07 bits per heavy atom. The quantitative estimate of drug-likeness (QED) is 0.483. The third kappa shape index (κ3) is 4.48. The van der Waals surface area contributed by atoms with E-state index in [1.807, 2.05) is 0 Å². The monoisotopic (exact) mass is 420 g/mol. The number of aromatic nitrogens is 4. The maximum Gasteiger partial charge on any atom is 0.183 e. The van der Waals surface area contributed by atoms with Gasteiger partial charge in [-0.3, -0.25) is 4.90 Å². The number of aliphatic hydroxyl groups excluding tert-OH is 2. The summed E-state index contributed by atoms with van der Waals surface area (Å²) in [5.74, 6) is -0.0289. The Kier molecular flexibility index (Phi) is 5.91. The van der Waals surface area contributed by atoms with Gasteiger partial charge in [-0.15, -0.1) is 0 Å². The molecule has 3 aromatic heterocycles. The van der Waals surface area contributed by atoms with Crippen molar-refractivity contribution in [2.75, 3.05) is 31.6 Å². The molecule has 1 aliphatic heterocycles. The summed E-state index contributed by atoms with van der Waals surface area (Å²) in [4.78, 5) is 17.8. The fourth-order valence-electron chi connectivity index (χ4n) is 3.65. The molecule has 0 aromatic carbocycles. The number of pyridine rings is 1. The number of nitrogens with zero attached hydrogens (tertiary/aromatic N) is 4. The number of anilines is 1. The van der Waals surface area contributed by atoms with Gasteiger partial charge >= 0.3 is 0 Å². The summed E-state index contributed by atoms with van der Waals surface area (Å²) >= 11 is 6.05. The van der Waals surface area contributed by atoms with Gasteiger partial charge in [0.05, 0.1) is 23.9 Å². The lowest BCUT2D eigenvalue weighted by Gasteiger charge is -2.34. The van der Waals surface area contributed by atoms with E-state index >= 15 is 0 Å². The first-order valence-corrected chi connectivity index (χ1v) is 9.84. The molecule has 4 rings (SSSR count). The van der Waals surface area contributed by atoms with Crippen molar-refractivity contribution in [2.45, 2.75) is 25.0 Å². The zero-order chi connectivity index (χ0) is 20.4. The first-order valence-electron chi connectivity index (χ1n) is 9.47. The highest BCUT2D eigenvalue weighted by Gasteiger charge is 2.23. The normalized spacial score (nSPS) is 18.8. The SMILES string of the molecule is OC[C@@H](O)CN1CCCC(Nc2nc(-c3c[nH]c4ncc(Cl)cc34)ncc2F)C1. The molecule has 1 fully saturated rings. The van der Waals surface area contributed by atoms with Crippen molar-refractivity contribution >= 4 is 28.5 Å². The maximum atomic E-state index is 14.4. The lowest BCUT2D eigenvalue weighted by Crippen LogP contribution is -2.45. The van der Waals surface area contributed by atoms with E-state index in [0.29, 0.717) is 35.1 Å². The molecule has 154 valence electrons. The van der Waals surface area contributed by atoms with Crippen LogP contribution in [0.4, 0.5) is 10.2 Å². The van der Waals surface area contributed by atoms with Crippen LogP contribution in [0.15, 0.2) is 24.7 Å². The van der Waals surface area contributed by atoms with Gasteiger partial charge in [0, 0.05) is 42.5 Å². The van der Waals surface area contributed by atoms with Crippen LogP contribution in [-0.4, -0.2) is 73.4 Å². The highest BCUT2D eigenvalue weighted by atomic mass is 35.5. The Hall–Kier alpha value is -2.33. The topological polar surface area (TPSA) is 110 Å². The number of hydrogen-bond acceptors (Lipinski definition) is 7. The summed E-state index contributed by atoms with van der Waals surface area (Å²) in [7, 11) is 0. The summed E-state index contributed by atoms with van der Waals surface area (Å²) in [6.45, 7) is 1.57. The lowest BCUT2D eigenvalue weighted by molar-refractivity contribution is 0.0517. The van der Waals surface area contributed by atoms with Crippen LogP contribution >= 0.6 is 11.6 Å². The average molecular weight is 421 g/mol. The molecule has 0 amide bonds. The second-order valence-electron chi connectivity index (χ2n) is 7.22. The van der Waals surface area contributed by atoms with Crippen LogP contribution in [0, 0.1) is 5.82 Å². The molecule has 10 heteroatoms. The molecular formula is C19H22ClFN6O2. The number of halogens is 2. The Balaban J connectivity index is 1.55. The minimum atomic E-state index is -0.779. The molecule has 29 heavy (non-hydrogen) atoms. The van der Waals surface area contributed by atoms with E-state index in [2.05, 4.69) is 30.2 Å². The Morgan fingerprint density at radius 1 is 1.38 bits per heavy atom. The van der Waals surface area contributed by atoms with Crippen molar-refractivity contribution in [2.24, 2.45) is 0 Å². The molecule has 4 N–H and O–H groups in total. The number of β-amino-alcohol motifs (C(OH)–C–C–N with tert-alkyl or cyclic N) is 1. The number of aromatic amines is 1. The van der Waals surface area contributed by atoms with Crippen molar-refractivity contribution in [1.29, 1.82) is 0 Å². The number of hydrogen-bond donors (Lipinski definition) is 4. The minimum Gasteiger partial charge on any atom is -0.394 e. The zero-order valence-electron chi connectivity index (χ0n) is 15.6. The minimum absolute atomic E-state index is 0.0222. The van der Waals surface area contributed by atoms with Crippen molar-refractivity contribution < 1.29 is 14.6 Å². The van der Waals surface area contributed by atoms with Gasteiger partial charge in [-0.2, -0.15) is 0 Å². The molecule has 0 spiro atoms. The van der Waals surface area contributed by atoms with Gasteiger partial charge in [0.2, 0.25) is 0 Å². The predicted molar refractivity (Wildman–Crippen MR) is 108 cm³/mol. The van der Waals surface area contributed by atoms with Crippen LogP contribution in [0.2, 0.25) is 5.02 Å². The molecular weight excluding hydrogens is 399 g/mol.